The van der Waals surface area contributed by atoms with E-state index in [0.29, 0.717) is 29.9 Å². The molecule has 5 heteroatoms. The van der Waals surface area contributed by atoms with Gasteiger partial charge in [0.1, 0.15) is 5.82 Å². The minimum Gasteiger partial charge on any atom is -0.481 e. The van der Waals surface area contributed by atoms with E-state index in [1.807, 2.05) is 0 Å². The van der Waals surface area contributed by atoms with Crippen molar-refractivity contribution in [2.45, 2.75) is 32.3 Å². The number of fused-ring (bicyclic) bond motifs is 1. The largest absolute Gasteiger partial charge is 0.481 e. The van der Waals surface area contributed by atoms with Gasteiger partial charge < -0.3 is 10.2 Å². The van der Waals surface area contributed by atoms with Crippen molar-refractivity contribution in [1.29, 1.82) is 0 Å². The summed E-state index contributed by atoms with van der Waals surface area (Å²) >= 11 is 0. The van der Waals surface area contributed by atoms with E-state index in [1.54, 1.807) is 6.92 Å². The molecule has 1 aliphatic carbocycles. The Morgan fingerprint density at radius 3 is 2.93 bits per heavy atom. The van der Waals surface area contributed by atoms with Crippen LogP contribution in [0.3, 0.4) is 0 Å². The lowest BCUT2D eigenvalue weighted by atomic mass is 10.1. The van der Waals surface area contributed by atoms with Gasteiger partial charge in [0.05, 0.1) is 23.9 Å². The Morgan fingerprint density at radius 2 is 2.27 bits per heavy atom. The Hall–Kier alpha value is -1.49. The van der Waals surface area contributed by atoms with E-state index in [4.69, 9.17) is 5.11 Å². The summed E-state index contributed by atoms with van der Waals surface area (Å²) in [5, 5.41) is 18.4. The molecule has 5 nitrogen and oxygen atoms in total. The van der Waals surface area contributed by atoms with Crippen LogP contribution in [0.25, 0.3) is 0 Å². The monoisotopic (exact) mass is 208 g/mol. The fraction of sp³-hybridized carbons (Fsp3) is 0.500. The molecule has 0 amide bonds. The third-order valence-corrected chi connectivity index (χ3v) is 2.52. The highest BCUT2D eigenvalue weighted by Gasteiger charge is 2.27. The molecule has 1 heterocycles. The lowest BCUT2D eigenvalue weighted by Crippen LogP contribution is -2.10. The van der Waals surface area contributed by atoms with Gasteiger partial charge in [0, 0.05) is 5.56 Å². The molecule has 2 N–H and O–H groups in total. The van der Waals surface area contributed by atoms with Crippen molar-refractivity contribution in [3.05, 3.63) is 22.8 Å². The second-order valence-corrected chi connectivity index (χ2v) is 3.70. The predicted octanol–water partition coefficient (Wildman–Crippen LogP) is 0.392. The number of rotatable bonds is 2. The quantitative estimate of drug-likeness (QED) is 0.734. The number of carbonyl (C=O) groups is 1. The van der Waals surface area contributed by atoms with E-state index in [0.717, 1.165) is 5.69 Å². The first-order valence-corrected chi connectivity index (χ1v) is 4.84. The molecule has 1 aromatic rings. The number of carboxylic acids is 1. The Balaban J connectivity index is 2.48. The van der Waals surface area contributed by atoms with E-state index >= 15 is 0 Å². The summed E-state index contributed by atoms with van der Waals surface area (Å²) in [6, 6.07) is 0. The minimum atomic E-state index is -0.936. The maximum Gasteiger partial charge on any atom is 0.309 e. The number of aliphatic carboxylic acids is 1. The first kappa shape index (κ1) is 10.0. The second-order valence-electron chi connectivity index (χ2n) is 3.70. The van der Waals surface area contributed by atoms with Gasteiger partial charge in [-0.15, -0.1) is 0 Å². The Morgan fingerprint density at radius 1 is 1.53 bits per heavy atom. The van der Waals surface area contributed by atoms with Crippen molar-refractivity contribution >= 4 is 5.97 Å². The third kappa shape index (κ3) is 1.83. The molecule has 0 saturated carbocycles. The van der Waals surface area contributed by atoms with Crippen LogP contribution >= 0.6 is 0 Å². The maximum absolute atomic E-state index is 10.6. The molecule has 2 rings (SSSR count). The highest BCUT2D eigenvalue weighted by molar-refractivity contribution is 5.70. The number of aromatic nitrogens is 2. The molecule has 1 unspecified atom stereocenters. The minimum absolute atomic E-state index is 0.150. The van der Waals surface area contributed by atoms with Gasteiger partial charge in [-0.1, -0.05) is 0 Å². The summed E-state index contributed by atoms with van der Waals surface area (Å²) in [7, 11) is 0. The van der Waals surface area contributed by atoms with E-state index in [1.165, 1.54) is 0 Å². The number of hydrogen-bond acceptors (Lipinski definition) is 4. The lowest BCUT2D eigenvalue weighted by molar-refractivity contribution is -0.136. The van der Waals surface area contributed by atoms with Gasteiger partial charge in [0.25, 0.3) is 0 Å². The zero-order valence-electron chi connectivity index (χ0n) is 8.40. The van der Waals surface area contributed by atoms with Crippen molar-refractivity contribution in [2.75, 3.05) is 0 Å². The normalized spacial score (nSPS) is 18.9. The molecular weight excluding hydrogens is 196 g/mol. The second kappa shape index (κ2) is 3.58. The van der Waals surface area contributed by atoms with Gasteiger partial charge in [0.15, 0.2) is 0 Å². The van der Waals surface area contributed by atoms with Gasteiger partial charge in [-0.2, -0.15) is 0 Å². The van der Waals surface area contributed by atoms with Crippen LogP contribution in [-0.4, -0.2) is 26.2 Å². The standard InChI is InChI=1S/C10H12N2O3/c1-5-11-6-2-3-8(13)10(6)7(12-5)4-9(14)15/h8,13H,2-4H2,1H3,(H,14,15). The van der Waals surface area contributed by atoms with Crippen molar-refractivity contribution in [3.8, 4) is 0 Å². The average Bonchev–Trinajstić information content (AvgIpc) is 2.46. The summed E-state index contributed by atoms with van der Waals surface area (Å²) in [6.45, 7) is 1.73. The molecule has 0 saturated heterocycles. The number of hydrogen-bond donors (Lipinski definition) is 2. The number of carboxylic acid groups (broad SMARTS) is 1. The summed E-state index contributed by atoms with van der Waals surface area (Å²) in [6.07, 6.45) is 0.560. The first-order chi connectivity index (χ1) is 7.08. The lowest BCUT2D eigenvalue weighted by Gasteiger charge is -2.09. The van der Waals surface area contributed by atoms with Gasteiger partial charge in [-0.25, -0.2) is 9.97 Å². The van der Waals surface area contributed by atoms with Crippen LogP contribution in [0.15, 0.2) is 0 Å². The third-order valence-electron chi connectivity index (χ3n) is 2.52. The molecule has 1 aromatic heterocycles. The van der Waals surface area contributed by atoms with Crippen molar-refractivity contribution in [3.63, 3.8) is 0 Å². The Labute approximate surface area is 86.8 Å². The average molecular weight is 208 g/mol. The summed E-state index contributed by atoms with van der Waals surface area (Å²) in [5.41, 5.74) is 1.88. The molecule has 0 spiro atoms. The molecule has 0 bridgehead atoms. The van der Waals surface area contributed by atoms with Crippen LogP contribution in [0.2, 0.25) is 0 Å². The summed E-state index contributed by atoms with van der Waals surface area (Å²) in [5.74, 6) is -0.367. The van der Waals surface area contributed by atoms with Crippen LogP contribution in [-0.2, 0) is 17.6 Å². The van der Waals surface area contributed by atoms with Crippen LogP contribution in [0, 0.1) is 6.92 Å². The van der Waals surface area contributed by atoms with Crippen LogP contribution in [0.1, 0.15) is 35.3 Å². The van der Waals surface area contributed by atoms with E-state index < -0.39 is 12.1 Å². The molecule has 1 aliphatic rings. The Bertz CT molecular complexity index is 417. The highest BCUT2D eigenvalue weighted by Crippen LogP contribution is 2.31. The zero-order valence-corrected chi connectivity index (χ0v) is 8.40. The van der Waals surface area contributed by atoms with E-state index in [-0.39, 0.29) is 6.42 Å². The molecular formula is C10H12N2O3. The van der Waals surface area contributed by atoms with E-state index in [9.17, 15) is 9.90 Å². The number of aliphatic hydroxyl groups is 1. The van der Waals surface area contributed by atoms with Crippen molar-refractivity contribution < 1.29 is 15.0 Å². The molecule has 0 radical (unpaired) electrons. The topological polar surface area (TPSA) is 83.3 Å². The fourth-order valence-electron chi connectivity index (χ4n) is 1.97. The van der Waals surface area contributed by atoms with Gasteiger partial charge in [-0.05, 0) is 19.8 Å². The first-order valence-electron chi connectivity index (χ1n) is 4.84. The van der Waals surface area contributed by atoms with Crippen molar-refractivity contribution in [2.24, 2.45) is 0 Å². The summed E-state index contributed by atoms with van der Waals surface area (Å²) in [4.78, 5) is 18.9. The molecule has 80 valence electrons. The van der Waals surface area contributed by atoms with Gasteiger partial charge in [-0.3, -0.25) is 4.79 Å². The fourth-order valence-corrected chi connectivity index (χ4v) is 1.97. The molecule has 0 aromatic carbocycles. The smallest absolute Gasteiger partial charge is 0.309 e. The van der Waals surface area contributed by atoms with Gasteiger partial charge >= 0.3 is 5.97 Å². The summed E-state index contributed by atoms with van der Waals surface area (Å²) < 4.78 is 0. The van der Waals surface area contributed by atoms with Crippen LogP contribution < -0.4 is 0 Å². The highest BCUT2D eigenvalue weighted by atomic mass is 16.4. The number of aliphatic hydroxyl groups excluding tert-OH is 1. The molecule has 0 fully saturated rings. The van der Waals surface area contributed by atoms with Gasteiger partial charge in [0.2, 0.25) is 0 Å². The molecule has 1 atom stereocenters. The zero-order chi connectivity index (χ0) is 11.0. The van der Waals surface area contributed by atoms with Crippen molar-refractivity contribution in [1.82, 2.24) is 9.97 Å². The number of aryl methyl sites for hydroxylation is 2. The maximum atomic E-state index is 10.6. The van der Waals surface area contributed by atoms with Crippen LogP contribution in [0.4, 0.5) is 0 Å². The predicted molar refractivity (Wildman–Crippen MR) is 51.4 cm³/mol. The molecule has 15 heavy (non-hydrogen) atoms. The molecule has 0 aliphatic heterocycles. The number of nitrogens with zero attached hydrogens (tertiary/aromatic N) is 2. The SMILES string of the molecule is Cc1nc2c(c(CC(=O)O)n1)C(O)CC2. The Kier molecular flexibility index (Phi) is 2.40. The van der Waals surface area contributed by atoms with E-state index in [2.05, 4.69) is 9.97 Å². The van der Waals surface area contributed by atoms with Crippen LogP contribution in [0.5, 0.6) is 0 Å².